The van der Waals surface area contributed by atoms with Crippen LogP contribution in [0.2, 0.25) is 10.0 Å². The fourth-order valence-corrected chi connectivity index (χ4v) is 4.15. The van der Waals surface area contributed by atoms with Crippen LogP contribution in [0.25, 0.3) is 0 Å². The lowest BCUT2D eigenvalue weighted by Crippen LogP contribution is -2.22. The molecule has 1 atom stereocenters. The van der Waals surface area contributed by atoms with Crippen molar-refractivity contribution in [2.75, 3.05) is 4.90 Å². The minimum atomic E-state index is 0.0455. The van der Waals surface area contributed by atoms with Crippen LogP contribution in [0.15, 0.2) is 72.8 Å². The Bertz CT molecular complexity index is 924. The fourth-order valence-electron chi connectivity index (χ4n) is 3.19. The van der Waals surface area contributed by atoms with Crippen LogP contribution in [0.1, 0.15) is 17.0 Å². The summed E-state index contributed by atoms with van der Waals surface area (Å²) in [6, 6.07) is 24.1. The molecule has 0 saturated carbocycles. The average molecular weight is 370 g/mol. The minimum absolute atomic E-state index is 0.0455. The number of hydrogen-bond acceptors (Lipinski definition) is 1. The number of anilines is 2. The smallest absolute Gasteiger partial charge is 0.0991 e. The average Bonchev–Trinajstić information content (AvgIpc) is 2.88. The van der Waals surface area contributed by atoms with E-state index in [4.69, 9.17) is 35.4 Å². The third-order valence-corrected chi connectivity index (χ3v) is 5.20. The van der Waals surface area contributed by atoms with E-state index in [-0.39, 0.29) is 5.92 Å². The first-order valence-corrected chi connectivity index (χ1v) is 8.76. The molecule has 0 radical (unpaired) electrons. The number of nitrogens with zero attached hydrogens (tertiary/aromatic N) is 1. The van der Waals surface area contributed by atoms with Gasteiger partial charge in [0.1, 0.15) is 0 Å². The van der Waals surface area contributed by atoms with E-state index >= 15 is 0 Å². The first-order chi connectivity index (χ1) is 11.7. The van der Waals surface area contributed by atoms with Crippen LogP contribution < -0.4 is 4.90 Å². The largest absolute Gasteiger partial charge is 0.302 e. The molecule has 0 aromatic heterocycles. The third-order valence-electron chi connectivity index (χ3n) is 4.24. The molecule has 1 unspecified atom stereocenters. The lowest BCUT2D eigenvalue weighted by Gasteiger charge is -2.22. The van der Waals surface area contributed by atoms with Gasteiger partial charge in [0.15, 0.2) is 0 Å². The molecule has 1 heterocycles. The molecule has 4 rings (SSSR count). The lowest BCUT2D eigenvalue weighted by atomic mass is 9.93. The van der Waals surface area contributed by atoms with Gasteiger partial charge in [-0.1, -0.05) is 84.0 Å². The molecule has 1 aliphatic rings. The standard InChI is InChI=1S/C20H13Cl2NS/c21-14-10-11-18(16(22)12-14)23-17-9-5-4-8-15(17)19(20(23)24)13-6-2-1-3-7-13/h1-12,19H. The van der Waals surface area contributed by atoms with Crippen molar-refractivity contribution in [1.82, 2.24) is 0 Å². The zero-order valence-corrected chi connectivity index (χ0v) is 14.9. The van der Waals surface area contributed by atoms with Crippen LogP contribution in [0.5, 0.6) is 0 Å². The highest BCUT2D eigenvalue weighted by atomic mass is 35.5. The second kappa shape index (κ2) is 6.21. The summed E-state index contributed by atoms with van der Waals surface area (Å²) in [6.45, 7) is 0. The van der Waals surface area contributed by atoms with E-state index in [0.717, 1.165) is 16.4 Å². The van der Waals surface area contributed by atoms with Crippen molar-refractivity contribution in [1.29, 1.82) is 0 Å². The van der Waals surface area contributed by atoms with Crippen LogP contribution in [-0.2, 0) is 0 Å². The molecule has 118 valence electrons. The van der Waals surface area contributed by atoms with Crippen molar-refractivity contribution in [3.63, 3.8) is 0 Å². The molecule has 3 aromatic rings. The maximum absolute atomic E-state index is 6.45. The van der Waals surface area contributed by atoms with E-state index in [0.29, 0.717) is 10.0 Å². The summed E-state index contributed by atoms with van der Waals surface area (Å²) < 4.78 is 0. The van der Waals surface area contributed by atoms with Crippen LogP contribution in [0.3, 0.4) is 0 Å². The van der Waals surface area contributed by atoms with Crippen molar-refractivity contribution in [3.05, 3.63) is 94.0 Å². The topological polar surface area (TPSA) is 3.24 Å². The van der Waals surface area contributed by atoms with Gasteiger partial charge < -0.3 is 4.90 Å². The number of rotatable bonds is 2. The molecular formula is C20H13Cl2NS. The number of halogens is 2. The van der Waals surface area contributed by atoms with Crippen molar-refractivity contribution >= 4 is 51.8 Å². The van der Waals surface area contributed by atoms with Crippen LogP contribution >= 0.6 is 35.4 Å². The van der Waals surface area contributed by atoms with E-state index in [9.17, 15) is 0 Å². The van der Waals surface area contributed by atoms with Gasteiger partial charge in [0.05, 0.1) is 27.3 Å². The fraction of sp³-hybridized carbons (Fsp3) is 0.0500. The number of fused-ring (bicyclic) bond motifs is 1. The molecular weight excluding hydrogens is 357 g/mol. The predicted molar refractivity (Wildman–Crippen MR) is 106 cm³/mol. The molecule has 0 spiro atoms. The Morgan fingerprint density at radius 1 is 0.792 bits per heavy atom. The molecule has 0 aliphatic carbocycles. The Balaban J connectivity index is 1.90. The van der Waals surface area contributed by atoms with E-state index in [2.05, 4.69) is 29.2 Å². The zero-order valence-electron chi connectivity index (χ0n) is 12.6. The Morgan fingerprint density at radius 3 is 2.25 bits per heavy atom. The molecule has 3 aromatic carbocycles. The van der Waals surface area contributed by atoms with Gasteiger partial charge in [0.2, 0.25) is 0 Å². The Morgan fingerprint density at radius 2 is 1.50 bits per heavy atom. The number of hydrogen-bond donors (Lipinski definition) is 0. The van der Waals surface area contributed by atoms with Gasteiger partial charge in [-0.2, -0.15) is 0 Å². The zero-order chi connectivity index (χ0) is 16.7. The maximum atomic E-state index is 6.45. The normalized spacial score (nSPS) is 16.3. The second-order valence-electron chi connectivity index (χ2n) is 5.67. The quantitative estimate of drug-likeness (QED) is 0.467. The number of benzene rings is 3. The summed E-state index contributed by atoms with van der Waals surface area (Å²) in [4.78, 5) is 2.88. The highest BCUT2D eigenvalue weighted by molar-refractivity contribution is 7.80. The van der Waals surface area contributed by atoms with Gasteiger partial charge in [-0.15, -0.1) is 0 Å². The second-order valence-corrected chi connectivity index (χ2v) is 6.93. The molecule has 0 N–H and O–H groups in total. The summed E-state index contributed by atoms with van der Waals surface area (Å²) in [5.74, 6) is 0.0455. The molecule has 0 saturated heterocycles. The molecule has 0 fully saturated rings. The molecule has 0 bridgehead atoms. The molecule has 1 aliphatic heterocycles. The first-order valence-electron chi connectivity index (χ1n) is 7.60. The van der Waals surface area contributed by atoms with Crippen molar-refractivity contribution in [2.24, 2.45) is 0 Å². The minimum Gasteiger partial charge on any atom is -0.302 e. The van der Waals surface area contributed by atoms with Gasteiger partial charge in [-0.05, 0) is 35.4 Å². The molecule has 4 heteroatoms. The van der Waals surface area contributed by atoms with Gasteiger partial charge in [-0.3, -0.25) is 0 Å². The maximum Gasteiger partial charge on any atom is 0.0991 e. The Hall–Kier alpha value is -1.87. The SMILES string of the molecule is S=C1C(c2ccccc2)c2ccccc2N1c1ccc(Cl)cc1Cl. The van der Waals surface area contributed by atoms with Crippen molar-refractivity contribution in [2.45, 2.75) is 5.92 Å². The summed E-state index contributed by atoms with van der Waals surface area (Å²) >= 11 is 18.4. The monoisotopic (exact) mass is 369 g/mol. The number of thiocarbonyl (C=S) groups is 1. The Kier molecular flexibility index (Phi) is 4.05. The number of para-hydroxylation sites is 1. The van der Waals surface area contributed by atoms with Crippen LogP contribution in [0.4, 0.5) is 11.4 Å². The van der Waals surface area contributed by atoms with Crippen LogP contribution in [-0.4, -0.2) is 4.99 Å². The van der Waals surface area contributed by atoms with Gasteiger partial charge in [0, 0.05) is 5.02 Å². The third kappa shape index (κ3) is 2.51. The predicted octanol–water partition coefficient (Wildman–Crippen LogP) is 6.60. The van der Waals surface area contributed by atoms with Gasteiger partial charge in [0.25, 0.3) is 0 Å². The van der Waals surface area contributed by atoms with E-state index in [1.165, 1.54) is 11.1 Å². The van der Waals surface area contributed by atoms with E-state index in [1.54, 1.807) is 6.07 Å². The van der Waals surface area contributed by atoms with Gasteiger partial charge >= 0.3 is 0 Å². The Labute approximate surface area is 156 Å². The summed E-state index contributed by atoms with van der Waals surface area (Å²) in [5, 5.41) is 1.20. The van der Waals surface area contributed by atoms with E-state index < -0.39 is 0 Å². The summed E-state index contributed by atoms with van der Waals surface area (Å²) in [5.41, 5.74) is 4.31. The van der Waals surface area contributed by atoms with Gasteiger partial charge in [-0.25, -0.2) is 0 Å². The van der Waals surface area contributed by atoms with Crippen molar-refractivity contribution < 1.29 is 0 Å². The molecule has 1 nitrogen and oxygen atoms in total. The molecule has 24 heavy (non-hydrogen) atoms. The van der Waals surface area contributed by atoms with Crippen molar-refractivity contribution in [3.8, 4) is 0 Å². The summed E-state index contributed by atoms with van der Waals surface area (Å²) in [6.07, 6.45) is 0. The van der Waals surface area contributed by atoms with Crippen LogP contribution in [0, 0.1) is 0 Å². The highest BCUT2D eigenvalue weighted by Crippen LogP contribution is 2.47. The first kappa shape index (κ1) is 15.6. The molecule has 0 amide bonds. The lowest BCUT2D eigenvalue weighted by molar-refractivity contribution is 1.13. The van der Waals surface area contributed by atoms with E-state index in [1.807, 2.05) is 42.5 Å². The highest BCUT2D eigenvalue weighted by Gasteiger charge is 2.36. The summed E-state index contributed by atoms with van der Waals surface area (Å²) in [7, 11) is 0.